The number of hydrogen-bond acceptors (Lipinski definition) is 5. The van der Waals surface area contributed by atoms with E-state index in [1.807, 2.05) is 18.3 Å². The number of fused-ring (bicyclic) bond motifs is 1. The second-order valence-electron chi connectivity index (χ2n) is 6.05. The fraction of sp³-hybridized carbons (Fsp3) is 0.375. The first-order valence-electron chi connectivity index (χ1n) is 7.90. The van der Waals surface area contributed by atoms with Crippen molar-refractivity contribution in [2.75, 3.05) is 0 Å². The van der Waals surface area contributed by atoms with Crippen LogP contribution in [0.15, 0.2) is 36.8 Å². The van der Waals surface area contributed by atoms with E-state index in [1.54, 1.807) is 11.0 Å². The maximum Gasteiger partial charge on any atom is 0.143 e. The van der Waals surface area contributed by atoms with E-state index in [0.29, 0.717) is 12.1 Å². The van der Waals surface area contributed by atoms with E-state index in [9.17, 15) is 0 Å². The molecule has 2 aromatic heterocycles. The van der Waals surface area contributed by atoms with Gasteiger partial charge in [-0.15, -0.1) is 5.10 Å². The molecule has 0 spiro atoms. The Kier molecular flexibility index (Phi) is 3.63. The van der Waals surface area contributed by atoms with Gasteiger partial charge in [0.25, 0.3) is 0 Å². The first-order chi connectivity index (χ1) is 11.3. The van der Waals surface area contributed by atoms with Crippen LogP contribution in [-0.2, 0) is 12.8 Å². The number of nitrogens with zero attached hydrogens (tertiary/aromatic N) is 5. The van der Waals surface area contributed by atoms with Crippen molar-refractivity contribution < 1.29 is 0 Å². The highest BCUT2D eigenvalue weighted by Crippen LogP contribution is 2.22. The summed E-state index contributed by atoms with van der Waals surface area (Å²) >= 11 is 0. The Morgan fingerprint density at radius 3 is 2.96 bits per heavy atom. The molecule has 2 heterocycles. The molecule has 0 radical (unpaired) electrons. The molecule has 1 aliphatic rings. The van der Waals surface area contributed by atoms with Crippen molar-refractivity contribution in [1.29, 1.82) is 0 Å². The van der Waals surface area contributed by atoms with E-state index >= 15 is 0 Å². The number of rotatable bonds is 4. The third kappa shape index (κ3) is 2.87. The largest absolute Gasteiger partial charge is 0.307 e. The summed E-state index contributed by atoms with van der Waals surface area (Å²) in [7, 11) is 0. The molecule has 2 N–H and O–H groups in total. The van der Waals surface area contributed by atoms with Gasteiger partial charge >= 0.3 is 0 Å². The minimum absolute atomic E-state index is 0.302. The lowest BCUT2D eigenvalue weighted by atomic mass is 9.92. The van der Waals surface area contributed by atoms with Crippen molar-refractivity contribution in [3.8, 4) is 5.69 Å². The summed E-state index contributed by atoms with van der Waals surface area (Å²) in [5.41, 5.74) is 4.86. The third-order valence-electron chi connectivity index (χ3n) is 4.51. The summed E-state index contributed by atoms with van der Waals surface area (Å²) in [6, 6.07) is 9.13. The van der Waals surface area contributed by atoms with Gasteiger partial charge in [0.05, 0.1) is 11.9 Å². The van der Waals surface area contributed by atoms with Crippen LogP contribution < -0.4 is 5.32 Å². The molecular formula is C16H19N7. The predicted octanol–water partition coefficient (Wildman–Crippen LogP) is 1.59. The van der Waals surface area contributed by atoms with E-state index in [-0.39, 0.29) is 0 Å². The zero-order valence-corrected chi connectivity index (χ0v) is 13.0. The molecule has 1 aromatic carbocycles. The summed E-state index contributed by atoms with van der Waals surface area (Å²) < 4.78 is 1.66. The second kappa shape index (κ2) is 5.92. The van der Waals surface area contributed by atoms with E-state index in [1.165, 1.54) is 16.8 Å². The SMILES string of the molecule is CC(NC1CCc2[nH]ncc2C1)c1ccc(-n2cnnn2)cc1. The number of H-pyrrole nitrogens is 1. The highest BCUT2D eigenvalue weighted by atomic mass is 15.5. The monoisotopic (exact) mass is 309 g/mol. The Morgan fingerprint density at radius 1 is 1.30 bits per heavy atom. The number of nitrogens with one attached hydrogen (secondary N) is 2. The average molecular weight is 309 g/mol. The van der Waals surface area contributed by atoms with Crippen molar-refractivity contribution in [2.24, 2.45) is 0 Å². The van der Waals surface area contributed by atoms with E-state index in [4.69, 9.17) is 0 Å². The van der Waals surface area contributed by atoms with Gasteiger partial charge in [-0.1, -0.05) is 12.1 Å². The molecule has 2 unspecified atom stereocenters. The van der Waals surface area contributed by atoms with Gasteiger partial charge in [-0.05, 0) is 59.9 Å². The van der Waals surface area contributed by atoms with Crippen LogP contribution in [0.25, 0.3) is 5.69 Å². The quantitative estimate of drug-likeness (QED) is 0.764. The average Bonchev–Trinajstić information content (AvgIpc) is 3.26. The Bertz CT molecular complexity index is 760. The lowest BCUT2D eigenvalue weighted by molar-refractivity contribution is 0.412. The van der Waals surface area contributed by atoms with Gasteiger partial charge in [0.15, 0.2) is 0 Å². The zero-order chi connectivity index (χ0) is 15.6. The molecule has 0 fully saturated rings. The molecule has 0 saturated carbocycles. The molecule has 0 saturated heterocycles. The van der Waals surface area contributed by atoms with Crippen LogP contribution in [0.5, 0.6) is 0 Å². The number of aromatic amines is 1. The van der Waals surface area contributed by atoms with E-state index in [2.05, 4.69) is 50.1 Å². The number of tetrazole rings is 1. The molecule has 7 nitrogen and oxygen atoms in total. The first-order valence-corrected chi connectivity index (χ1v) is 7.90. The zero-order valence-electron chi connectivity index (χ0n) is 13.0. The van der Waals surface area contributed by atoms with Crippen LogP contribution in [0.2, 0.25) is 0 Å². The second-order valence-corrected chi connectivity index (χ2v) is 6.05. The minimum Gasteiger partial charge on any atom is -0.307 e. The van der Waals surface area contributed by atoms with Crippen LogP contribution in [-0.4, -0.2) is 36.4 Å². The Morgan fingerprint density at radius 2 is 2.17 bits per heavy atom. The highest BCUT2D eigenvalue weighted by molar-refractivity contribution is 5.34. The minimum atomic E-state index is 0.302. The lowest BCUT2D eigenvalue weighted by Gasteiger charge is -2.26. The number of aromatic nitrogens is 6. The normalized spacial score (nSPS) is 18.6. The van der Waals surface area contributed by atoms with Gasteiger partial charge in [-0.2, -0.15) is 5.10 Å². The van der Waals surface area contributed by atoms with Crippen molar-refractivity contribution in [3.05, 3.63) is 53.6 Å². The molecule has 0 aliphatic heterocycles. The number of benzene rings is 1. The van der Waals surface area contributed by atoms with Gasteiger partial charge in [0.2, 0.25) is 0 Å². The molecule has 7 heteroatoms. The van der Waals surface area contributed by atoms with Crippen molar-refractivity contribution >= 4 is 0 Å². The van der Waals surface area contributed by atoms with Crippen molar-refractivity contribution in [3.63, 3.8) is 0 Å². The highest BCUT2D eigenvalue weighted by Gasteiger charge is 2.21. The topological polar surface area (TPSA) is 84.3 Å². The van der Waals surface area contributed by atoms with Gasteiger partial charge in [-0.3, -0.25) is 5.10 Å². The fourth-order valence-electron chi connectivity index (χ4n) is 3.20. The van der Waals surface area contributed by atoms with E-state index < -0.39 is 0 Å². The molecule has 0 amide bonds. The molecule has 3 aromatic rings. The molecule has 2 atom stereocenters. The summed E-state index contributed by atoms with van der Waals surface area (Å²) in [4.78, 5) is 0. The maximum atomic E-state index is 4.14. The van der Waals surface area contributed by atoms with Gasteiger partial charge < -0.3 is 5.32 Å². The van der Waals surface area contributed by atoms with Crippen LogP contribution in [0.4, 0.5) is 0 Å². The Hall–Kier alpha value is -2.54. The van der Waals surface area contributed by atoms with Gasteiger partial charge in [0.1, 0.15) is 6.33 Å². The Balaban J connectivity index is 1.42. The van der Waals surface area contributed by atoms with Gasteiger partial charge in [0, 0.05) is 17.8 Å². The van der Waals surface area contributed by atoms with Crippen molar-refractivity contribution in [2.45, 2.75) is 38.3 Å². The standard InChI is InChI=1S/C16H19N7/c1-11(19-14-4-7-16-13(8-14)9-17-20-16)12-2-5-15(6-3-12)23-10-18-21-22-23/h2-3,5-6,9-11,14,19H,4,7-8H2,1H3,(H,17,20). The molecule has 4 rings (SSSR count). The summed E-state index contributed by atoms with van der Waals surface area (Å²) in [5, 5.41) is 22.2. The molecular weight excluding hydrogens is 290 g/mol. The molecule has 1 aliphatic carbocycles. The smallest absolute Gasteiger partial charge is 0.143 e. The molecule has 23 heavy (non-hydrogen) atoms. The fourth-order valence-corrected chi connectivity index (χ4v) is 3.20. The maximum absolute atomic E-state index is 4.14. The van der Waals surface area contributed by atoms with Crippen LogP contribution in [0.1, 0.15) is 36.2 Å². The van der Waals surface area contributed by atoms with Crippen LogP contribution >= 0.6 is 0 Å². The van der Waals surface area contributed by atoms with Crippen molar-refractivity contribution in [1.82, 2.24) is 35.7 Å². The molecule has 0 bridgehead atoms. The summed E-state index contributed by atoms with van der Waals surface area (Å²) in [5.74, 6) is 0. The lowest BCUT2D eigenvalue weighted by Crippen LogP contribution is -2.36. The summed E-state index contributed by atoms with van der Waals surface area (Å²) in [6.07, 6.45) is 6.80. The summed E-state index contributed by atoms with van der Waals surface area (Å²) in [6.45, 7) is 2.21. The van der Waals surface area contributed by atoms with Crippen LogP contribution in [0, 0.1) is 0 Å². The first kappa shape index (κ1) is 14.1. The van der Waals surface area contributed by atoms with Crippen LogP contribution in [0.3, 0.4) is 0 Å². The van der Waals surface area contributed by atoms with Gasteiger partial charge in [-0.25, -0.2) is 4.68 Å². The van der Waals surface area contributed by atoms with E-state index in [0.717, 1.165) is 24.9 Å². The Labute approximate surface area is 134 Å². The third-order valence-corrected chi connectivity index (χ3v) is 4.51. The number of aryl methyl sites for hydroxylation is 1. The number of hydrogen-bond donors (Lipinski definition) is 2. The predicted molar refractivity (Wildman–Crippen MR) is 85.1 cm³/mol. The molecule has 118 valence electrons.